The third kappa shape index (κ3) is 8.53. The van der Waals surface area contributed by atoms with E-state index in [1.165, 1.54) is 18.7 Å². The minimum absolute atomic E-state index is 0.426. The predicted octanol–water partition coefficient (Wildman–Crippen LogP) is 1.20. The number of halogens is 3. The number of aromatic nitrogens is 3. The minimum Gasteiger partial charge on any atom is -0.741 e. The summed E-state index contributed by atoms with van der Waals surface area (Å²) >= 11 is 1.44. The van der Waals surface area contributed by atoms with Crippen molar-refractivity contribution in [2.24, 2.45) is 7.05 Å². The van der Waals surface area contributed by atoms with E-state index in [1.807, 2.05) is 29.8 Å². The molecule has 2 aromatic heterocycles. The molecule has 0 saturated carbocycles. The molecule has 0 amide bonds. The van der Waals surface area contributed by atoms with Crippen molar-refractivity contribution in [3.05, 3.63) is 30.6 Å². The smallest absolute Gasteiger partial charge is 0.485 e. The van der Waals surface area contributed by atoms with E-state index in [-0.39, 0.29) is 0 Å². The van der Waals surface area contributed by atoms with Crippen LogP contribution in [0.4, 0.5) is 24.8 Å². The zero-order chi connectivity index (χ0) is 21.3. The van der Waals surface area contributed by atoms with Gasteiger partial charge in [-0.25, -0.2) is 23.0 Å². The van der Waals surface area contributed by atoms with Crippen LogP contribution in [0.1, 0.15) is 6.92 Å². The van der Waals surface area contributed by atoms with Crippen LogP contribution in [-0.4, -0.2) is 28.4 Å². The molecule has 0 aliphatic rings. The Hall–Kier alpha value is -2.63. The molecule has 0 aliphatic heterocycles. The Labute approximate surface area is 157 Å². The summed E-state index contributed by atoms with van der Waals surface area (Å²) in [5.74, 6) is 1.11. The molecule has 4 N–H and O–H groups in total. The largest absolute Gasteiger partial charge is 0.741 e. The number of anilines is 2. The van der Waals surface area contributed by atoms with Gasteiger partial charge in [-0.05, 0) is 23.9 Å². The van der Waals surface area contributed by atoms with Crippen molar-refractivity contribution in [1.82, 2.24) is 9.97 Å². The lowest BCUT2D eigenvalue weighted by Gasteiger charge is -2.08. The maximum Gasteiger partial charge on any atom is 0.485 e. The van der Waals surface area contributed by atoms with Gasteiger partial charge in [0.1, 0.15) is 5.03 Å². The lowest BCUT2D eigenvalue weighted by molar-refractivity contribution is -0.694. The van der Waals surface area contributed by atoms with E-state index in [2.05, 4.69) is 9.97 Å². The van der Waals surface area contributed by atoms with Gasteiger partial charge in [-0.2, -0.15) is 18.4 Å². The first-order valence-electron chi connectivity index (χ1n) is 6.67. The molecule has 0 atom stereocenters. The first-order chi connectivity index (χ1) is 12.3. The van der Waals surface area contributed by atoms with Crippen LogP contribution in [0, 0.1) is 11.3 Å². The van der Waals surface area contributed by atoms with Crippen molar-refractivity contribution >= 4 is 33.5 Å². The molecule has 2 aromatic rings. The lowest BCUT2D eigenvalue weighted by Crippen LogP contribution is -2.34. The molecule has 0 fully saturated rings. The molecule has 0 aliphatic carbocycles. The molecule has 14 heteroatoms. The highest BCUT2D eigenvalue weighted by atomic mass is 32.2. The third-order valence-corrected chi connectivity index (χ3v) is 4.09. The fraction of sp³-hybridized carbons (Fsp3) is 0.231. The average Bonchev–Trinajstić information content (AvgIpc) is 2.53. The quantitative estimate of drug-likeness (QED) is 0.409. The van der Waals surface area contributed by atoms with Gasteiger partial charge in [0.2, 0.25) is 0 Å². The van der Waals surface area contributed by atoms with Gasteiger partial charge in [0.15, 0.2) is 21.0 Å². The molecule has 0 bridgehead atoms. The van der Waals surface area contributed by atoms with Gasteiger partial charge in [-0.1, -0.05) is 0 Å². The molecule has 9 nitrogen and oxygen atoms in total. The summed E-state index contributed by atoms with van der Waals surface area (Å²) in [6, 6.07) is 7.43. The second-order valence-corrected chi connectivity index (χ2v) is 6.70. The molecule has 27 heavy (non-hydrogen) atoms. The maximum absolute atomic E-state index is 10.7. The minimum atomic E-state index is -6.09. The SMILES string of the molecule is CC#N.C[n+]1c(N)cccc1Sc1nccnc1N.O=S(=O)([O-])C(F)(F)F. The van der Waals surface area contributed by atoms with Gasteiger partial charge in [0.25, 0.3) is 5.82 Å². The van der Waals surface area contributed by atoms with Gasteiger partial charge in [-0.15, -0.1) is 0 Å². The number of nitriles is 1. The summed E-state index contributed by atoms with van der Waals surface area (Å²) in [7, 11) is -4.20. The van der Waals surface area contributed by atoms with Gasteiger partial charge >= 0.3 is 5.51 Å². The van der Waals surface area contributed by atoms with E-state index < -0.39 is 15.6 Å². The monoisotopic (exact) mass is 424 g/mol. The van der Waals surface area contributed by atoms with E-state index in [4.69, 9.17) is 29.7 Å². The summed E-state index contributed by atoms with van der Waals surface area (Å²) in [4.78, 5) is 8.15. The van der Waals surface area contributed by atoms with Crippen LogP contribution in [-0.2, 0) is 17.2 Å². The molecule has 2 rings (SSSR count). The van der Waals surface area contributed by atoms with Crippen LogP contribution < -0.4 is 16.0 Å². The summed E-state index contributed by atoms with van der Waals surface area (Å²) < 4.78 is 60.8. The number of nitrogens with two attached hydrogens (primary N) is 2. The number of nitrogen functional groups attached to an aromatic ring is 2. The number of hydrogen-bond acceptors (Lipinski definition) is 9. The molecular formula is C13H15F3N6O3S2. The Balaban J connectivity index is 0.000000519. The highest BCUT2D eigenvalue weighted by Crippen LogP contribution is 2.26. The normalized spacial score (nSPS) is 10.6. The third-order valence-electron chi connectivity index (χ3n) is 2.40. The number of hydrogen-bond donors (Lipinski definition) is 2. The number of rotatable bonds is 2. The Kier molecular flexibility index (Phi) is 9.48. The summed E-state index contributed by atoms with van der Waals surface area (Å²) in [5.41, 5.74) is 5.87. The van der Waals surface area contributed by atoms with Crippen LogP contribution in [0.15, 0.2) is 40.6 Å². The standard InChI is InChI=1S/C10H11N5S.C2H3N.CHF3O3S/c1-15-7(11)3-2-4-8(15)16-10-9(12)13-5-6-14-10;1-2-3;2-1(3,4)8(5,6)7/h2-6,11H,1H3,(H2,12,13);1H3;(H,5,6,7). The molecule has 148 valence electrons. The molecule has 0 unspecified atom stereocenters. The van der Waals surface area contributed by atoms with Crippen molar-refractivity contribution < 1.29 is 30.7 Å². The molecule has 0 saturated heterocycles. The first-order valence-corrected chi connectivity index (χ1v) is 8.89. The number of alkyl halides is 3. The van der Waals surface area contributed by atoms with Gasteiger partial charge in [0.05, 0.1) is 13.1 Å². The van der Waals surface area contributed by atoms with Crippen molar-refractivity contribution in [2.75, 3.05) is 11.5 Å². The Morgan fingerprint density at radius 1 is 1.26 bits per heavy atom. The molecule has 0 spiro atoms. The summed E-state index contributed by atoms with van der Waals surface area (Å²) in [6.07, 6.45) is 3.18. The number of nitrogens with zero attached hydrogens (tertiary/aromatic N) is 4. The summed E-state index contributed by atoms with van der Waals surface area (Å²) in [5, 5.41) is 8.97. The Morgan fingerprint density at radius 2 is 1.74 bits per heavy atom. The average molecular weight is 424 g/mol. The Bertz CT molecular complexity index is 901. The van der Waals surface area contributed by atoms with Crippen LogP contribution >= 0.6 is 11.8 Å². The van der Waals surface area contributed by atoms with Gasteiger partial charge < -0.3 is 10.3 Å². The van der Waals surface area contributed by atoms with E-state index in [1.54, 1.807) is 18.5 Å². The van der Waals surface area contributed by atoms with Gasteiger partial charge in [0, 0.05) is 25.4 Å². The van der Waals surface area contributed by atoms with E-state index in [9.17, 15) is 13.2 Å². The molecule has 0 radical (unpaired) electrons. The summed E-state index contributed by atoms with van der Waals surface area (Å²) in [6.45, 7) is 1.43. The van der Waals surface area contributed by atoms with Crippen LogP contribution in [0.2, 0.25) is 0 Å². The zero-order valence-electron chi connectivity index (χ0n) is 14.0. The van der Waals surface area contributed by atoms with Gasteiger partial charge in [-0.3, -0.25) is 5.73 Å². The second kappa shape index (κ2) is 10.5. The van der Waals surface area contributed by atoms with E-state index >= 15 is 0 Å². The zero-order valence-corrected chi connectivity index (χ0v) is 15.6. The first kappa shape index (κ1) is 24.4. The topological polar surface area (TPSA) is 163 Å². The van der Waals surface area contributed by atoms with Crippen molar-refractivity contribution in [3.8, 4) is 6.07 Å². The van der Waals surface area contributed by atoms with Crippen LogP contribution in [0.3, 0.4) is 0 Å². The van der Waals surface area contributed by atoms with Crippen molar-refractivity contribution in [3.63, 3.8) is 0 Å². The second-order valence-electron chi connectivity index (χ2n) is 4.32. The fourth-order valence-electron chi connectivity index (χ4n) is 1.20. The maximum atomic E-state index is 10.7. The van der Waals surface area contributed by atoms with Crippen molar-refractivity contribution in [1.29, 1.82) is 5.26 Å². The van der Waals surface area contributed by atoms with Crippen LogP contribution in [0.25, 0.3) is 0 Å². The van der Waals surface area contributed by atoms with Crippen molar-refractivity contribution in [2.45, 2.75) is 22.5 Å². The Morgan fingerprint density at radius 3 is 2.19 bits per heavy atom. The lowest BCUT2D eigenvalue weighted by atomic mass is 10.4. The fourth-order valence-corrected chi connectivity index (χ4v) is 2.05. The highest BCUT2D eigenvalue weighted by Gasteiger charge is 2.36. The van der Waals surface area contributed by atoms with E-state index in [0.29, 0.717) is 16.7 Å². The predicted molar refractivity (Wildman–Crippen MR) is 89.6 cm³/mol. The van der Waals surface area contributed by atoms with E-state index in [0.717, 1.165) is 5.03 Å². The molecular weight excluding hydrogens is 409 g/mol. The van der Waals surface area contributed by atoms with Crippen LogP contribution in [0.5, 0.6) is 0 Å². The highest BCUT2D eigenvalue weighted by molar-refractivity contribution is 7.99. The molecule has 2 heterocycles. The number of pyridine rings is 1. The molecule has 0 aromatic carbocycles.